The summed E-state index contributed by atoms with van der Waals surface area (Å²) in [5, 5.41) is 4.93. The number of aromatic nitrogens is 1. The summed E-state index contributed by atoms with van der Waals surface area (Å²) in [7, 11) is 0. The van der Waals surface area contributed by atoms with Crippen molar-refractivity contribution in [2.24, 2.45) is 0 Å². The number of hydrogen-bond donors (Lipinski definition) is 3. The number of H-pyrrole nitrogens is 1. The molecule has 0 spiro atoms. The van der Waals surface area contributed by atoms with E-state index in [9.17, 15) is 19.2 Å². The van der Waals surface area contributed by atoms with E-state index >= 15 is 0 Å². The van der Waals surface area contributed by atoms with Crippen LogP contribution in [0.25, 0.3) is 0 Å². The van der Waals surface area contributed by atoms with Crippen molar-refractivity contribution in [2.45, 2.75) is 58.1 Å². The van der Waals surface area contributed by atoms with Crippen LogP contribution in [0.15, 0.2) is 12.3 Å². The van der Waals surface area contributed by atoms with Gasteiger partial charge in [-0.25, -0.2) is 9.59 Å². The van der Waals surface area contributed by atoms with Gasteiger partial charge in [0.2, 0.25) is 0 Å². The smallest absolute Gasteiger partial charge is 0.355 e. The first kappa shape index (κ1) is 18.7. The molecule has 1 aliphatic rings. The Kier molecular flexibility index (Phi) is 6.32. The van der Waals surface area contributed by atoms with Crippen molar-refractivity contribution in [3.8, 4) is 0 Å². The molecule has 0 unspecified atom stereocenters. The van der Waals surface area contributed by atoms with Crippen LogP contribution in [-0.2, 0) is 9.53 Å². The molecule has 3 N–H and O–H groups in total. The van der Waals surface area contributed by atoms with Crippen LogP contribution in [0.2, 0.25) is 0 Å². The van der Waals surface area contributed by atoms with Gasteiger partial charge in [0, 0.05) is 17.8 Å². The van der Waals surface area contributed by atoms with E-state index in [4.69, 9.17) is 4.74 Å². The van der Waals surface area contributed by atoms with Gasteiger partial charge in [0.05, 0.1) is 0 Å². The maximum absolute atomic E-state index is 12.0. The Labute approximate surface area is 145 Å². The Bertz CT molecular complexity index is 661. The van der Waals surface area contributed by atoms with Crippen LogP contribution in [0.4, 0.5) is 4.79 Å². The fourth-order valence-corrected chi connectivity index (χ4v) is 2.67. The Balaban J connectivity index is 1.81. The lowest BCUT2D eigenvalue weighted by Crippen LogP contribution is -2.48. The van der Waals surface area contributed by atoms with Crippen molar-refractivity contribution in [2.75, 3.05) is 0 Å². The second kappa shape index (κ2) is 8.46. The molecule has 1 aromatic heterocycles. The minimum Gasteiger partial charge on any atom is -0.448 e. The van der Waals surface area contributed by atoms with Crippen LogP contribution in [0.5, 0.6) is 0 Å². The van der Waals surface area contributed by atoms with E-state index in [1.54, 1.807) is 0 Å². The third kappa shape index (κ3) is 5.44. The molecule has 1 heterocycles. The topological polar surface area (TPSA) is 117 Å². The SMILES string of the molecule is CC(=O)c1c[nH]c(C(=O)O[C@@H](C)C(=O)NC(=O)NC2CCCCC2)c1. The van der Waals surface area contributed by atoms with Crippen molar-refractivity contribution < 1.29 is 23.9 Å². The molecule has 1 atom stereocenters. The van der Waals surface area contributed by atoms with E-state index in [2.05, 4.69) is 15.6 Å². The van der Waals surface area contributed by atoms with Gasteiger partial charge in [0.25, 0.3) is 5.91 Å². The lowest BCUT2D eigenvalue weighted by Gasteiger charge is -2.23. The van der Waals surface area contributed by atoms with Gasteiger partial charge in [-0.2, -0.15) is 0 Å². The summed E-state index contributed by atoms with van der Waals surface area (Å²) in [6.45, 7) is 2.75. The highest BCUT2D eigenvalue weighted by Crippen LogP contribution is 2.17. The number of esters is 1. The zero-order chi connectivity index (χ0) is 18.4. The molecule has 0 aromatic carbocycles. The van der Waals surface area contributed by atoms with E-state index < -0.39 is 24.0 Å². The zero-order valence-electron chi connectivity index (χ0n) is 14.4. The second-order valence-electron chi connectivity index (χ2n) is 6.20. The van der Waals surface area contributed by atoms with Crippen molar-refractivity contribution in [1.82, 2.24) is 15.6 Å². The average Bonchev–Trinajstić information content (AvgIpc) is 3.06. The van der Waals surface area contributed by atoms with Crippen LogP contribution in [0.3, 0.4) is 0 Å². The number of ether oxygens (including phenoxy) is 1. The first-order valence-corrected chi connectivity index (χ1v) is 8.38. The molecule has 25 heavy (non-hydrogen) atoms. The third-order valence-electron chi connectivity index (χ3n) is 4.14. The maximum atomic E-state index is 12.0. The number of imide groups is 1. The Morgan fingerprint density at radius 1 is 1.20 bits per heavy atom. The number of aromatic amines is 1. The van der Waals surface area contributed by atoms with Crippen LogP contribution in [-0.4, -0.2) is 40.8 Å². The molecule has 136 valence electrons. The number of Topliss-reactive ketones (excluding diaryl/α,β-unsaturated/α-hetero) is 1. The van der Waals surface area contributed by atoms with E-state index in [0.29, 0.717) is 5.56 Å². The van der Waals surface area contributed by atoms with Crippen molar-refractivity contribution >= 4 is 23.7 Å². The lowest BCUT2D eigenvalue weighted by atomic mass is 9.96. The molecule has 1 saturated carbocycles. The van der Waals surface area contributed by atoms with Gasteiger partial charge in [-0.1, -0.05) is 19.3 Å². The van der Waals surface area contributed by atoms with E-state index in [-0.39, 0.29) is 17.5 Å². The van der Waals surface area contributed by atoms with Gasteiger partial charge in [-0.05, 0) is 32.8 Å². The number of amides is 3. The number of rotatable bonds is 5. The summed E-state index contributed by atoms with van der Waals surface area (Å²) in [6.07, 6.45) is 5.33. The standard InChI is InChI=1S/C17H23N3O5/c1-10(21)12-8-14(18-9-12)16(23)25-11(2)15(22)20-17(24)19-13-6-4-3-5-7-13/h8-9,11,13,18H,3-7H2,1-2H3,(H2,19,20,22,24)/t11-/m0/s1. The van der Waals surface area contributed by atoms with E-state index in [1.165, 1.54) is 26.1 Å². The molecular weight excluding hydrogens is 326 g/mol. The number of carbonyl (C=O) groups excluding carboxylic acids is 4. The second-order valence-corrected chi connectivity index (χ2v) is 6.20. The molecule has 1 aromatic rings. The molecule has 0 radical (unpaired) electrons. The van der Waals surface area contributed by atoms with Crippen molar-refractivity contribution in [3.63, 3.8) is 0 Å². The third-order valence-corrected chi connectivity index (χ3v) is 4.14. The summed E-state index contributed by atoms with van der Waals surface area (Å²) in [6, 6.07) is 0.840. The van der Waals surface area contributed by atoms with Gasteiger partial charge in [-0.3, -0.25) is 14.9 Å². The fourth-order valence-electron chi connectivity index (χ4n) is 2.67. The quantitative estimate of drug-likeness (QED) is 0.554. The first-order valence-electron chi connectivity index (χ1n) is 8.38. The summed E-state index contributed by atoms with van der Waals surface area (Å²) in [4.78, 5) is 49.6. The highest BCUT2D eigenvalue weighted by atomic mass is 16.5. The maximum Gasteiger partial charge on any atom is 0.355 e. The van der Waals surface area contributed by atoms with Crippen molar-refractivity contribution in [3.05, 3.63) is 23.5 Å². The van der Waals surface area contributed by atoms with E-state index in [0.717, 1.165) is 32.1 Å². The zero-order valence-corrected chi connectivity index (χ0v) is 14.4. The first-order chi connectivity index (χ1) is 11.9. The molecule has 0 saturated heterocycles. The Morgan fingerprint density at radius 3 is 2.48 bits per heavy atom. The van der Waals surface area contributed by atoms with Crippen LogP contribution >= 0.6 is 0 Å². The number of urea groups is 1. The normalized spacial score (nSPS) is 15.9. The minimum absolute atomic E-state index is 0.0662. The predicted molar refractivity (Wildman–Crippen MR) is 89.2 cm³/mol. The number of hydrogen-bond acceptors (Lipinski definition) is 5. The van der Waals surface area contributed by atoms with Gasteiger partial charge in [-0.15, -0.1) is 0 Å². The van der Waals surface area contributed by atoms with E-state index in [1.807, 2.05) is 0 Å². The molecule has 1 aliphatic carbocycles. The molecule has 0 bridgehead atoms. The van der Waals surface area contributed by atoms with Crippen LogP contribution < -0.4 is 10.6 Å². The number of carbonyl (C=O) groups is 4. The molecule has 0 aliphatic heterocycles. The lowest BCUT2D eigenvalue weighted by molar-refractivity contribution is -0.127. The van der Waals surface area contributed by atoms with Crippen LogP contribution in [0.1, 0.15) is 66.8 Å². The number of nitrogens with one attached hydrogen (secondary N) is 3. The Morgan fingerprint density at radius 2 is 1.88 bits per heavy atom. The fraction of sp³-hybridized carbons (Fsp3) is 0.529. The average molecular weight is 349 g/mol. The molecular formula is C17H23N3O5. The van der Waals surface area contributed by atoms with Gasteiger partial charge in [0.1, 0.15) is 5.69 Å². The molecule has 3 amide bonds. The summed E-state index contributed by atoms with van der Waals surface area (Å²) >= 11 is 0. The molecule has 8 heteroatoms. The highest BCUT2D eigenvalue weighted by Gasteiger charge is 2.23. The Hall–Kier alpha value is -2.64. The molecule has 8 nitrogen and oxygen atoms in total. The van der Waals surface area contributed by atoms with Gasteiger partial charge >= 0.3 is 12.0 Å². The summed E-state index contributed by atoms with van der Waals surface area (Å²) in [5.74, 6) is -1.68. The molecule has 2 rings (SSSR count). The minimum atomic E-state index is -1.14. The largest absolute Gasteiger partial charge is 0.448 e. The van der Waals surface area contributed by atoms with Crippen LogP contribution in [0, 0.1) is 0 Å². The van der Waals surface area contributed by atoms with Gasteiger partial charge in [0.15, 0.2) is 11.9 Å². The molecule has 1 fully saturated rings. The van der Waals surface area contributed by atoms with Crippen molar-refractivity contribution in [1.29, 1.82) is 0 Å². The summed E-state index contributed by atoms with van der Waals surface area (Å²) in [5.41, 5.74) is 0.410. The summed E-state index contributed by atoms with van der Waals surface area (Å²) < 4.78 is 5.01. The monoisotopic (exact) mass is 349 g/mol. The predicted octanol–water partition coefficient (Wildman–Crippen LogP) is 1.92. The van der Waals surface area contributed by atoms with Gasteiger partial charge < -0.3 is 15.0 Å². The number of ketones is 1. The highest BCUT2D eigenvalue weighted by molar-refractivity contribution is 5.99.